The summed E-state index contributed by atoms with van der Waals surface area (Å²) in [4.78, 5) is 11.6. The molecule has 1 atom stereocenters. The Balaban J connectivity index is 1.94. The quantitative estimate of drug-likeness (QED) is 0.780. The maximum absolute atomic E-state index is 11.6. The Kier molecular flexibility index (Phi) is 3.88. The molecule has 0 aliphatic heterocycles. The number of nitrogens with one attached hydrogen (secondary N) is 1. The third-order valence-electron chi connectivity index (χ3n) is 2.87. The normalized spacial score (nSPS) is 16.6. The van der Waals surface area contributed by atoms with Crippen LogP contribution in [-0.4, -0.2) is 16.7 Å². The molecule has 0 aromatic heterocycles. The van der Waals surface area contributed by atoms with Crippen LogP contribution in [0.4, 0.5) is 0 Å². The predicted octanol–water partition coefficient (Wildman–Crippen LogP) is 1.77. The van der Waals surface area contributed by atoms with Gasteiger partial charge in [0.1, 0.15) is 0 Å². The molecule has 1 aromatic carbocycles. The van der Waals surface area contributed by atoms with E-state index in [1.807, 2.05) is 6.07 Å². The minimum Gasteiger partial charge on any atom is -0.378 e. The van der Waals surface area contributed by atoms with Gasteiger partial charge in [-0.2, -0.15) is 5.10 Å². The summed E-state index contributed by atoms with van der Waals surface area (Å²) in [6, 6.07) is 8.84. The molecule has 4 heteroatoms. The van der Waals surface area contributed by atoms with Crippen LogP contribution in [0.2, 0.25) is 0 Å². The van der Waals surface area contributed by atoms with Crippen molar-refractivity contribution >= 4 is 11.6 Å². The Labute approximate surface area is 100 Å². The van der Waals surface area contributed by atoms with Gasteiger partial charge < -0.3 is 5.11 Å². The molecule has 17 heavy (non-hydrogen) atoms. The van der Waals surface area contributed by atoms with Crippen molar-refractivity contribution in [2.24, 2.45) is 5.10 Å². The number of hydrogen-bond donors (Lipinski definition) is 2. The lowest BCUT2D eigenvalue weighted by Crippen LogP contribution is -2.25. The number of nitrogens with zero attached hydrogens (tertiary/aromatic N) is 1. The van der Waals surface area contributed by atoms with Crippen LogP contribution in [0, 0.1) is 0 Å². The van der Waals surface area contributed by atoms with Gasteiger partial charge in [0.2, 0.25) is 0 Å². The van der Waals surface area contributed by atoms with Crippen LogP contribution in [0.5, 0.6) is 0 Å². The SMILES string of the molecule is O=C(NN=C1CCCC1)C(O)c1ccccc1. The molecule has 2 N–H and O–H groups in total. The Bertz CT molecular complexity index is 407. The van der Waals surface area contributed by atoms with E-state index in [1.54, 1.807) is 24.3 Å². The fraction of sp³-hybridized carbons (Fsp3) is 0.385. The highest BCUT2D eigenvalue weighted by Gasteiger charge is 2.17. The van der Waals surface area contributed by atoms with Crippen LogP contribution in [0.15, 0.2) is 35.4 Å². The topological polar surface area (TPSA) is 61.7 Å². The van der Waals surface area contributed by atoms with E-state index in [-0.39, 0.29) is 0 Å². The van der Waals surface area contributed by atoms with Crippen molar-refractivity contribution in [2.45, 2.75) is 31.8 Å². The van der Waals surface area contributed by atoms with Crippen molar-refractivity contribution in [1.82, 2.24) is 5.43 Å². The second kappa shape index (κ2) is 5.59. The fourth-order valence-corrected chi connectivity index (χ4v) is 1.88. The first kappa shape index (κ1) is 11.8. The van der Waals surface area contributed by atoms with Crippen LogP contribution < -0.4 is 5.43 Å². The zero-order valence-corrected chi connectivity index (χ0v) is 9.60. The molecule has 1 fully saturated rings. The van der Waals surface area contributed by atoms with Gasteiger partial charge in [-0.3, -0.25) is 4.79 Å². The summed E-state index contributed by atoms with van der Waals surface area (Å²) in [6.07, 6.45) is 3.01. The first-order valence-electron chi connectivity index (χ1n) is 5.85. The molecule has 90 valence electrons. The standard InChI is InChI=1S/C13H16N2O2/c16-12(10-6-2-1-3-7-10)13(17)15-14-11-8-4-5-9-11/h1-3,6-7,12,16H,4-5,8-9H2,(H,15,17). The summed E-state index contributed by atoms with van der Waals surface area (Å²) in [5.41, 5.74) is 4.01. The lowest BCUT2D eigenvalue weighted by atomic mass is 10.1. The molecule has 1 unspecified atom stereocenters. The van der Waals surface area contributed by atoms with Crippen molar-refractivity contribution in [3.8, 4) is 0 Å². The van der Waals surface area contributed by atoms with Gasteiger partial charge in [0.25, 0.3) is 5.91 Å². The smallest absolute Gasteiger partial charge is 0.273 e. The lowest BCUT2D eigenvalue weighted by molar-refractivity contribution is -0.129. The van der Waals surface area contributed by atoms with E-state index in [0.717, 1.165) is 31.4 Å². The van der Waals surface area contributed by atoms with Gasteiger partial charge >= 0.3 is 0 Å². The third kappa shape index (κ3) is 3.14. The summed E-state index contributed by atoms with van der Waals surface area (Å²) in [7, 11) is 0. The Hall–Kier alpha value is -1.68. The van der Waals surface area contributed by atoms with E-state index >= 15 is 0 Å². The number of amides is 1. The Morgan fingerprint density at radius 3 is 2.53 bits per heavy atom. The van der Waals surface area contributed by atoms with Crippen LogP contribution >= 0.6 is 0 Å². The van der Waals surface area contributed by atoms with Crippen LogP contribution in [-0.2, 0) is 4.79 Å². The van der Waals surface area contributed by atoms with E-state index in [1.165, 1.54) is 0 Å². The Morgan fingerprint density at radius 1 is 1.24 bits per heavy atom. The molecule has 0 bridgehead atoms. The molecule has 1 amide bonds. The largest absolute Gasteiger partial charge is 0.378 e. The van der Waals surface area contributed by atoms with Crippen molar-refractivity contribution in [3.05, 3.63) is 35.9 Å². The molecule has 1 aliphatic rings. The third-order valence-corrected chi connectivity index (χ3v) is 2.87. The molecule has 0 heterocycles. The lowest BCUT2D eigenvalue weighted by Gasteiger charge is -2.09. The minimum absolute atomic E-state index is 0.476. The molecule has 0 spiro atoms. The van der Waals surface area contributed by atoms with Crippen molar-refractivity contribution in [3.63, 3.8) is 0 Å². The van der Waals surface area contributed by atoms with Gasteiger partial charge in [0, 0.05) is 5.71 Å². The molecule has 2 rings (SSSR count). The predicted molar refractivity (Wildman–Crippen MR) is 65.4 cm³/mol. The van der Waals surface area contributed by atoms with Gasteiger partial charge in [-0.25, -0.2) is 5.43 Å². The van der Waals surface area contributed by atoms with Gasteiger partial charge in [-0.15, -0.1) is 0 Å². The Morgan fingerprint density at radius 2 is 1.88 bits per heavy atom. The summed E-state index contributed by atoms with van der Waals surface area (Å²) in [6.45, 7) is 0. The van der Waals surface area contributed by atoms with E-state index in [2.05, 4.69) is 10.5 Å². The molecule has 1 saturated carbocycles. The zero-order chi connectivity index (χ0) is 12.1. The van der Waals surface area contributed by atoms with Crippen molar-refractivity contribution in [1.29, 1.82) is 0 Å². The minimum atomic E-state index is -1.15. The van der Waals surface area contributed by atoms with Crippen LogP contribution in [0.1, 0.15) is 37.4 Å². The molecule has 0 saturated heterocycles. The molecule has 0 radical (unpaired) electrons. The molecule has 1 aliphatic carbocycles. The molecule has 4 nitrogen and oxygen atoms in total. The average molecular weight is 232 g/mol. The summed E-state index contributed by atoms with van der Waals surface area (Å²) >= 11 is 0. The highest BCUT2D eigenvalue weighted by Crippen LogP contribution is 2.15. The highest BCUT2D eigenvalue weighted by atomic mass is 16.3. The zero-order valence-electron chi connectivity index (χ0n) is 9.60. The number of carbonyl (C=O) groups is 1. The number of aliphatic hydroxyl groups excluding tert-OH is 1. The first-order chi connectivity index (χ1) is 8.27. The number of hydrazone groups is 1. The number of carbonyl (C=O) groups excluding carboxylic acids is 1. The van der Waals surface area contributed by atoms with E-state index in [9.17, 15) is 9.90 Å². The maximum atomic E-state index is 11.6. The second-order valence-corrected chi connectivity index (χ2v) is 4.17. The van der Waals surface area contributed by atoms with Crippen molar-refractivity contribution < 1.29 is 9.90 Å². The van der Waals surface area contributed by atoms with E-state index in [0.29, 0.717) is 5.56 Å². The van der Waals surface area contributed by atoms with Gasteiger partial charge in [0.15, 0.2) is 6.10 Å². The van der Waals surface area contributed by atoms with Gasteiger partial charge in [-0.05, 0) is 31.2 Å². The van der Waals surface area contributed by atoms with Gasteiger partial charge in [0.05, 0.1) is 0 Å². The van der Waals surface area contributed by atoms with Gasteiger partial charge in [-0.1, -0.05) is 30.3 Å². The first-order valence-corrected chi connectivity index (χ1v) is 5.85. The van der Waals surface area contributed by atoms with Crippen LogP contribution in [0.25, 0.3) is 0 Å². The van der Waals surface area contributed by atoms with Crippen LogP contribution in [0.3, 0.4) is 0 Å². The monoisotopic (exact) mass is 232 g/mol. The maximum Gasteiger partial charge on any atom is 0.273 e. The highest BCUT2D eigenvalue weighted by molar-refractivity contribution is 5.88. The second-order valence-electron chi connectivity index (χ2n) is 4.17. The van der Waals surface area contributed by atoms with E-state index < -0.39 is 12.0 Å². The summed E-state index contributed by atoms with van der Waals surface area (Å²) in [5.74, 6) is -0.476. The molecular weight excluding hydrogens is 216 g/mol. The van der Waals surface area contributed by atoms with E-state index in [4.69, 9.17) is 0 Å². The molecule has 1 aromatic rings. The number of rotatable bonds is 3. The number of benzene rings is 1. The summed E-state index contributed by atoms with van der Waals surface area (Å²) < 4.78 is 0. The molecular formula is C13H16N2O2. The fourth-order valence-electron chi connectivity index (χ4n) is 1.88. The number of aliphatic hydroxyl groups is 1. The van der Waals surface area contributed by atoms with Crippen molar-refractivity contribution in [2.75, 3.05) is 0 Å². The number of hydrogen-bond acceptors (Lipinski definition) is 3. The average Bonchev–Trinajstić information content (AvgIpc) is 2.89. The summed E-state index contributed by atoms with van der Waals surface area (Å²) in [5, 5.41) is 13.8.